The highest BCUT2D eigenvalue weighted by molar-refractivity contribution is 7.90. The summed E-state index contributed by atoms with van der Waals surface area (Å²) in [5.41, 5.74) is 0.803. The molecule has 1 aliphatic heterocycles. The average Bonchev–Trinajstić information content (AvgIpc) is 3.06. The first kappa shape index (κ1) is 25.2. The molecule has 34 heavy (non-hydrogen) atoms. The topological polar surface area (TPSA) is 106 Å². The highest BCUT2D eigenvalue weighted by Gasteiger charge is 2.18. The van der Waals surface area contributed by atoms with Crippen LogP contribution in [0.25, 0.3) is 6.08 Å². The van der Waals surface area contributed by atoms with Gasteiger partial charge in [-0.1, -0.05) is 18.6 Å². The Morgan fingerprint density at radius 2 is 1.94 bits per heavy atom. The van der Waals surface area contributed by atoms with Gasteiger partial charge >= 0.3 is 6.61 Å². The minimum atomic E-state index is -3.84. The van der Waals surface area contributed by atoms with Gasteiger partial charge in [-0.15, -0.1) is 0 Å². The lowest BCUT2D eigenvalue weighted by atomic mass is 10.2. The van der Waals surface area contributed by atoms with Crippen molar-refractivity contribution < 1.29 is 31.5 Å². The molecule has 0 spiro atoms. The number of carbonyl (C=O) groups excluding carboxylic acids is 1. The van der Waals surface area contributed by atoms with Crippen LogP contribution in [0, 0.1) is 0 Å². The van der Waals surface area contributed by atoms with E-state index in [0.717, 1.165) is 19.3 Å². The predicted molar refractivity (Wildman–Crippen MR) is 125 cm³/mol. The average molecular weight is 494 g/mol. The molecule has 0 fully saturated rings. The number of hydrogen-bond acceptors (Lipinski definition) is 6. The molecule has 0 saturated carbocycles. The Hall–Kier alpha value is -3.47. The molecule has 0 radical (unpaired) electrons. The molecule has 2 aromatic carbocycles. The van der Waals surface area contributed by atoms with Crippen LogP contribution in [-0.2, 0) is 14.8 Å². The van der Waals surface area contributed by atoms with Crippen LogP contribution >= 0.6 is 0 Å². The maximum absolute atomic E-state index is 12.7. The number of aliphatic imine (C=N–C) groups is 1. The molecule has 2 aromatic rings. The number of nitrogens with one attached hydrogen (secondary N) is 2. The van der Waals surface area contributed by atoms with E-state index in [-0.39, 0.29) is 16.4 Å². The summed E-state index contributed by atoms with van der Waals surface area (Å²) in [7, 11) is -2.53. The van der Waals surface area contributed by atoms with Gasteiger partial charge in [0, 0.05) is 24.7 Å². The van der Waals surface area contributed by atoms with Crippen LogP contribution in [0.4, 0.5) is 14.5 Å². The number of amides is 1. The zero-order valence-electron chi connectivity index (χ0n) is 18.5. The van der Waals surface area contributed by atoms with Gasteiger partial charge in [0.1, 0.15) is 5.84 Å². The number of amidine groups is 1. The van der Waals surface area contributed by atoms with Gasteiger partial charge in [-0.3, -0.25) is 14.5 Å². The Balaban J connectivity index is 1.67. The molecule has 0 aromatic heterocycles. The minimum Gasteiger partial charge on any atom is -0.493 e. The number of anilines is 1. The van der Waals surface area contributed by atoms with Crippen LogP contribution in [-0.4, -0.2) is 40.4 Å². The molecule has 1 aliphatic rings. The molecule has 182 valence electrons. The van der Waals surface area contributed by atoms with E-state index >= 15 is 0 Å². The highest BCUT2D eigenvalue weighted by Crippen LogP contribution is 2.29. The monoisotopic (exact) mass is 493 g/mol. The number of rotatable bonds is 8. The van der Waals surface area contributed by atoms with Crippen LogP contribution in [0.5, 0.6) is 11.5 Å². The lowest BCUT2D eigenvalue weighted by Crippen LogP contribution is -2.30. The molecule has 1 amide bonds. The van der Waals surface area contributed by atoms with Gasteiger partial charge < -0.3 is 14.8 Å². The lowest BCUT2D eigenvalue weighted by molar-refractivity contribution is -0.111. The van der Waals surface area contributed by atoms with Gasteiger partial charge in [-0.2, -0.15) is 8.78 Å². The van der Waals surface area contributed by atoms with Crippen LogP contribution in [0.1, 0.15) is 31.2 Å². The number of sulfonamides is 1. The second kappa shape index (κ2) is 11.6. The van der Waals surface area contributed by atoms with Crippen LogP contribution in [0.3, 0.4) is 0 Å². The molecule has 8 nitrogen and oxygen atoms in total. The third-order valence-electron chi connectivity index (χ3n) is 4.87. The number of ether oxygens (including phenoxy) is 2. The summed E-state index contributed by atoms with van der Waals surface area (Å²) in [6.07, 6.45) is 6.06. The third-order valence-corrected chi connectivity index (χ3v) is 6.25. The van der Waals surface area contributed by atoms with E-state index in [0.29, 0.717) is 30.1 Å². The minimum absolute atomic E-state index is 0.000539. The van der Waals surface area contributed by atoms with Crippen molar-refractivity contribution in [1.29, 1.82) is 0 Å². The zero-order chi connectivity index (χ0) is 24.6. The summed E-state index contributed by atoms with van der Waals surface area (Å²) in [4.78, 5) is 16.6. The first-order valence-electron chi connectivity index (χ1n) is 10.5. The lowest BCUT2D eigenvalue weighted by Gasteiger charge is -2.11. The Morgan fingerprint density at radius 3 is 2.71 bits per heavy atom. The van der Waals surface area contributed by atoms with E-state index in [4.69, 9.17) is 4.74 Å². The number of hydrogen-bond donors (Lipinski definition) is 2. The molecule has 0 bridgehead atoms. The number of benzene rings is 2. The summed E-state index contributed by atoms with van der Waals surface area (Å²) in [5, 5.41) is 2.60. The fraction of sp³-hybridized carbons (Fsp3) is 0.304. The van der Waals surface area contributed by atoms with Gasteiger partial charge in [-0.05, 0) is 54.8 Å². The van der Waals surface area contributed by atoms with Gasteiger partial charge in [0.2, 0.25) is 5.91 Å². The van der Waals surface area contributed by atoms with Crippen molar-refractivity contribution in [1.82, 2.24) is 4.72 Å². The quantitative estimate of drug-likeness (QED) is 0.536. The van der Waals surface area contributed by atoms with Gasteiger partial charge in [-0.25, -0.2) is 8.42 Å². The summed E-state index contributed by atoms with van der Waals surface area (Å²) in [5.74, 6) is -0.107. The molecule has 3 rings (SSSR count). The fourth-order valence-corrected chi connectivity index (χ4v) is 4.38. The van der Waals surface area contributed by atoms with Crippen molar-refractivity contribution in [2.75, 3.05) is 19.0 Å². The number of methoxy groups -OCH3 is 1. The maximum Gasteiger partial charge on any atom is 0.387 e. The van der Waals surface area contributed by atoms with Crippen molar-refractivity contribution >= 4 is 33.5 Å². The smallest absolute Gasteiger partial charge is 0.387 e. The largest absolute Gasteiger partial charge is 0.493 e. The summed E-state index contributed by atoms with van der Waals surface area (Å²) < 4.78 is 62.3. The Bertz CT molecular complexity index is 1180. The second-order valence-corrected chi connectivity index (χ2v) is 9.07. The highest BCUT2D eigenvalue weighted by atomic mass is 32.2. The van der Waals surface area contributed by atoms with Crippen molar-refractivity contribution in [2.45, 2.75) is 37.2 Å². The molecule has 0 atom stereocenters. The maximum atomic E-state index is 12.7. The normalized spacial score (nSPS) is 14.4. The fourth-order valence-electron chi connectivity index (χ4n) is 3.25. The first-order chi connectivity index (χ1) is 16.3. The molecule has 0 aliphatic carbocycles. The van der Waals surface area contributed by atoms with E-state index in [2.05, 4.69) is 19.8 Å². The van der Waals surface area contributed by atoms with Crippen molar-refractivity contribution in [3.63, 3.8) is 0 Å². The Morgan fingerprint density at radius 1 is 1.12 bits per heavy atom. The molecule has 0 unspecified atom stereocenters. The van der Waals surface area contributed by atoms with Gasteiger partial charge in [0.05, 0.1) is 12.0 Å². The van der Waals surface area contributed by atoms with Gasteiger partial charge in [0.25, 0.3) is 10.0 Å². The SMILES string of the molecule is COc1cc(/C=C/C(=O)Nc2cccc(S(=O)(=O)NC3=NCCCCC3)c2)ccc1OC(F)F. The van der Waals surface area contributed by atoms with Gasteiger partial charge in [0.15, 0.2) is 11.5 Å². The third kappa shape index (κ3) is 7.27. The zero-order valence-corrected chi connectivity index (χ0v) is 19.3. The van der Waals surface area contributed by atoms with Crippen LogP contribution in [0.2, 0.25) is 0 Å². The number of carbonyl (C=O) groups is 1. The Kier molecular flexibility index (Phi) is 8.58. The number of alkyl halides is 2. The summed E-state index contributed by atoms with van der Waals surface area (Å²) in [6.45, 7) is -2.40. The van der Waals surface area contributed by atoms with E-state index < -0.39 is 22.5 Å². The molecular formula is C23H25F2N3O5S. The summed E-state index contributed by atoms with van der Waals surface area (Å²) in [6, 6.07) is 10.1. The van der Waals surface area contributed by atoms with Crippen LogP contribution in [0.15, 0.2) is 58.4 Å². The Labute approximate surface area is 196 Å². The van der Waals surface area contributed by atoms with E-state index in [1.54, 1.807) is 6.07 Å². The van der Waals surface area contributed by atoms with Crippen molar-refractivity contribution in [3.8, 4) is 11.5 Å². The number of halogens is 2. The molecule has 1 heterocycles. The molecule has 0 saturated heterocycles. The standard InChI is InChI=1S/C23H25F2N3O5S/c1-32-20-14-16(9-11-19(20)33-23(24)25)10-12-22(29)27-17-6-5-7-18(15-17)34(30,31)28-21-8-3-2-4-13-26-21/h5-7,9-12,14-15,23H,2-4,8,13H2,1H3,(H,26,28)(H,27,29)/b12-10+. The predicted octanol–water partition coefficient (Wildman–Crippen LogP) is 4.20. The number of nitrogens with zero attached hydrogens (tertiary/aromatic N) is 1. The summed E-state index contributed by atoms with van der Waals surface area (Å²) >= 11 is 0. The van der Waals surface area contributed by atoms with Crippen molar-refractivity contribution in [3.05, 3.63) is 54.1 Å². The van der Waals surface area contributed by atoms with E-state index in [1.807, 2.05) is 0 Å². The molecule has 11 heteroatoms. The van der Waals surface area contributed by atoms with Crippen LogP contribution < -0.4 is 19.5 Å². The van der Waals surface area contributed by atoms with Crippen molar-refractivity contribution in [2.24, 2.45) is 4.99 Å². The first-order valence-corrected chi connectivity index (χ1v) is 12.0. The molecular weight excluding hydrogens is 468 g/mol. The second-order valence-electron chi connectivity index (χ2n) is 7.38. The molecule has 2 N–H and O–H groups in total. The van der Waals surface area contributed by atoms with E-state index in [9.17, 15) is 22.0 Å². The van der Waals surface area contributed by atoms with E-state index in [1.165, 1.54) is 55.7 Å².